The standard InChI is InChI=1S/C16H16FNO4S/c1-3-22-16(19)12-6-9-15(14(17)10-12)18(23(20)21)13-7-4-11(2)5-8-13/h4-10H,3H2,1-2H3,(H,20,21). The first kappa shape index (κ1) is 17.1. The third-order valence-electron chi connectivity index (χ3n) is 3.10. The van der Waals surface area contributed by atoms with Crippen LogP contribution in [0.5, 0.6) is 0 Å². The zero-order valence-electron chi connectivity index (χ0n) is 12.7. The van der Waals surface area contributed by atoms with Gasteiger partial charge >= 0.3 is 5.97 Å². The van der Waals surface area contributed by atoms with Gasteiger partial charge in [0, 0.05) is 0 Å². The normalized spacial score (nSPS) is 11.8. The minimum Gasteiger partial charge on any atom is -0.462 e. The van der Waals surface area contributed by atoms with Crippen molar-refractivity contribution in [3.05, 3.63) is 59.4 Å². The van der Waals surface area contributed by atoms with Crippen molar-refractivity contribution in [3.8, 4) is 0 Å². The predicted octanol–water partition coefficient (Wildman–Crippen LogP) is 3.59. The highest BCUT2D eigenvalue weighted by Gasteiger charge is 2.20. The van der Waals surface area contributed by atoms with Crippen LogP contribution < -0.4 is 4.31 Å². The number of carbonyl (C=O) groups is 1. The van der Waals surface area contributed by atoms with Gasteiger partial charge in [-0.25, -0.2) is 17.7 Å². The lowest BCUT2D eigenvalue weighted by molar-refractivity contribution is 0.0526. The summed E-state index contributed by atoms with van der Waals surface area (Å²) in [6.07, 6.45) is 0. The molecule has 23 heavy (non-hydrogen) atoms. The molecule has 7 heteroatoms. The largest absolute Gasteiger partial charge is 0.462 e. The Hall–Kier alpha value is -2.25. The quantitative estimate of drug-likeness (QED) is 0.669. The number of halogens is 1. The minimum absolute atomic E-state index is 0.0423. The lowest BCUT2D eigenvalue weighted by atomic mass is 10.2. The Morgan fingerprint density at radius 1 is 1.26 bits per heavy atom. The van der Waals surface area contributed by atoms with Crippen LogP contribution >= 0.6 is 0 Å². The van der Waals surface area contributed by atoms with E-state index < -0.39 is 23.1 Å². The molecule has 5 nitrogen and oxygen atoms in total. The molecule has 2 aromatic carbocycles. The number of anilines is 2. The van der Waals surface area contributed by atoms with Gasteiger partial charge in [0.25, 0.3) is 11.3 Å². The number of carbonyl (C=O) groups excluding carboxylic acids is 1. The first-order chi connectivity index (χ1) is 10.9. The summed E-state index contributed by atoms with van der Waals surface area (Å²) in [4.78, 5) is 11.6. The zero-order chi connectivity index (χ0) is 17.0. The van der Waals surface area contributed by atoms with Crippen LogP contribution in [-0.2, 0) is 16.0 Å². The molecule has 0 heterocycles. The summed E-state index contributed by atoms with van der Waals surface area (Å²) in [6.45, 7) is 3.70. The average Bonchev–Trinajstić information content (AvgIpc) is 2.51. The molecule has 1 unspecified atom stereocenters. The third kappa shape index (κ3) is 3.94. The molecule has 2 rings (SSSR count). The molecule has 2 aromatic rings. The van der Waals surface area contributed by atoms with Crippen molar-refractivity contribution in [1.29, 1.82) is 0 Å². The van der Waals surface area contributed by atoms with E-state index in [1.54, 1.807) is 31.2 Å². The second-order valence-corrected chi connectivity index (χ2v) is 5.57. The molecule has 0 fully saturated rings. The van der Waals surface area contributed by atoms with Crippen molar-refractivity contribution in [3.63, 3.8) is 0 Å². The second-order valence-electron chi connectivity index (χ2n) is 4.75. The fraction of sp³-hybridized carbons (Fsp3) is 0.188. The van der Waals surface area contributed by atoms with E-state index in [1.165, 1.54) is 12.1 Å². The maximum atomic E-state index is 14.3. The number of hydrogen-bond acceptors (Lipinski definition) is 3. The molecule has 0 saturated heterocycles. The zero-order valence-corrected chi connectivity index (χ0v) is 13.5. The van der Waals surface area contributed by atoms with Gasteiger partial charge in [-0.15, -0.1) is 0 Å². The van der Waals surface area contributed by atoms with Crippen LogP contribution in [0.25, 0.3) is 0 Å². The highest BCUT2D eigenvalue weighted by Crippen LogP contribution is 2.30. The van der Waals surface area contributed by atoms with E-state index in [9.17, 15) is 17.9 Å². The molecule has 1 N–H and O–H groups in total. The smallest absolute Gasteiger partial charge is 0.338 e. The number of aryl methyl sites for hydroxylation is 1. The number of esters is 1. The topological polar surface area (TPSA) is 66.8 Å². The van der Waals surface area contributed by atoms with Gasteiger partial charge in [-0.3, -0.25) is 4.55 Å². The molecule has 122 valence electrons. The summed E-state index contributed by atoms with van der Waals surface area (Å²) >= 11 is -2.47. The molecule has 0 aliphatic heterocycles. The summed E-state index contributed by atoms with van der Waals surface area (Å²) in [5, 5.41) is 0. The van der Waals surface area contributed by atoms with Crippen LogP contribution in [0, 0.1) is 12.7 Å². The van der Waals surface area contributed by atoms with Crippen molar-refractivity contribution in [2.45, 2.75) is 13.8 Å². The van der Waals surface area contributed by atoms with E-state index in [0.29, 0.717) is 5.69 Å². The lowest BCUT2D eigenvalue weighted by Gasteiger charge is -2.21. The Morgan fingerprint density at radius 3 is 2.43 bits per heavy atom. The van der Waals surface area contributed by atoms with E-state index >= 15 is 0 Å². The van der Waals surface area contributed by atoms with Crippen molar-refractivity contribution >= 4 is 28.6 Å². The van der Waals surface area contributed by atoms with Crippen LogP contribution in [0.2, 0.25) is 0 Å². The SMILES string of the molecule is CCOC(=O)c1ccc(N(c2ccc(C)cc2)S(=O)O)c(F)c1. The summed E-state index contributed by atoms with van der Waals surface area (Å²) in [7, 11) is 0. The maximum absolute atomic E-state index is 14.3. The molecule has 1 atom stereocenters. The summed E-state index contributed by atoms with van der Waals surface area (Å²) in [6, 6.07) is 10.3. The Balaban J connectivity index is 2.42. The van der Waals surface area contributed by atoms with E-state index in [0.717, 1.165) is 15.9 Å². The van der Waals surface area contributed by atoms with Crippen LogP contribution in [0.4, 0.5) is 15.8 Å². The van der Waals surface area contributed by atoms with Gasteiger partial charge in [-0.1, -0.05) is 17.7 Å². The van der Waals surface area contributed by atoms with E-state index in [4.69, 9.17) is 4.74 Å². The van der Waals surface area contributed by atoms with Crippen LogP contribution in [0.1, 0.15) is 22.8 Å². The molecule has 0 aromatic heterocycles. The van der Waals surface area contributed by atoms with Gasteiger partial charge in [0.05, 0.1) is 23.5 Å². The molecule has 0 amide bonds. The van der Waals surface area contributed by atoms with Gasteiger partial charge in [0.1, 0.15) is 5.82 Å². The van der Waals surface area contributed by atoms with Gasteiger partial charge < -0.3 is 4.74 Å². The Labute approximate surface area is 136 Å². The molecule has 0 aliphatic carbocycles. The molecule has 0 spiro atoms. The summed E-state index contributed by atoms with van der Waals surface area (Å²) in [5.41, 5.74) is 1.26. The molecule has 0 saturated carbocycles. The van der Waals surface area contributed by atoms with Gasteiger partial charge in [0.15, 0.2) is 0 Å². The molecular weight excluding hydrogens is 321 g/mol. The second kappa shape index (κ2) is 7.34. The van der Waals surface area contributed by atoms with Crippen LogP contribution in [-0.4, -0.2) is 21.3 Å². The van der Waals surface area contributed by atoms with E-state index in [2.05, 4.69) is 0 Å². The first-order valence-corrected chi connectivity index (χ1v) is 7.95. The summed E-state index contributed by atoms with van der Waals surface area (Å²) < 4.78 is 41.2. The van der Waals surface area contributed by atoms with Crippen molar-refractivity contribution in [1.82, 2.24) is 0 Å². The monoisotopic (exact) mass is 337 g/mol. The van der Waals surface area contributed by atoms with Gasteiger partial charge in [0.2, 0.25) is 0 Å². The van der Waals surface area contributed by atoms with Gasteiger partial charge in [-0.05, 0) is 44.2 Å². The first-order valence-electron chi connectivity index (χ1n) is 6.88. The fourth-order valence-electron chi connectivity index (χ4n) is 2.01. The van der Waals surface area contributed by atoms with E-state index in [-0.39, 0.29) is 17.9 Å². The third-order valence-corrected chi connectivity index (χ3v) is 3.82. The average molecular weight is 337 g/mol. The number of rotatable bonds is 5. The number of benzene rings is 2. The van der Waals surface area contributed by atoms with Crippen LogP contribution in [0.15, 0.2) is 42.5 Å². The molecule has 0 aliphatic rings. The molecular formula is C16H16FNO4S. The predicted molar refractivity (Wildman–Crippen MR) is 86.4 cm³/mol. The van der Waals surface area contributed by atoms with Gasteiger partial charge in [-0.2, -0.15) is 0 Å². The van der Waals surface area contributed by atoms with Crippen molar-refractivity contribution in [2.24, 2.45) is 0 Å². The minimum atomic E-state index is -2.47. The molecule has 0 radical (unpaired) electrons. The molecule has 0 bridgehead atoms. The highest BCUT2D eigenvalue weighted by molar-refractivity contribution is 7.81. The number of nitrogens with zero attached hydrogens (tertiary/aromatic N) is 1. The van der Waals surface area contributed by atoms with Crippen molar-refractivity contribution in [2.75, 3.05) is 10.9 Å². The lowest BCUT2D eigenvalue weighted by Crippen LogP contribution is -2.20. The maximum Gasteiger partial charge on any atom is 0.338 e. The Bertz CT molecular complexity index is 733. The fourth-order valence-corrected chi connectivity index (χ4v) is 2.62. The van der Waals surface area contributed by atoms with Crippen molar-refractivity contribution < 1.29 is 22.7 Å². The number of hydrogen-bond donors (Lipinski definition) is 1. The Morgan fingerprint density at radius 2 is 1.91 bits per heavy atom. The highest BCUT2D eigenvalue weighted by atomic mass is 32.2. The number of ether oxygens (including phenoxy) is 1. The van der Waals surface area contributed by atoms with E-state index in [1.807, 2.05) is 6.92 Å². The van der Waals surface area contributed by atoms with Crippen LogP contribution in [0.3, 0.4) is 0 Å². The Kier molecular flexibility index (Phi) is 5.46. The summed E-state index contributed by atoms with van der Waals surface area (Å²) in [5.74, 6) is -1.44.